The normalized spacial score (nSPS) is 12.7. The van der Waals surface area contributed by atoms with E-state index >= 15 is 0 Å². The third kappa shape index (κ3) is 3.78. The molecule has 0 spiro atoms. The Kier molecular flexibility index (Phi) is 5.00. The molecule has 0 bridgehead atoms. The van der Waals surface area contributed by atoms with Gasteiger partial charge in [0.15, 0.2) is 0 Å². The SMILES string of the molecule is CC(C)Oc1cncc(C(O)c2cc(Br)c(Br)s2)c1. The van der Waals surface area contributed by atoms with Gasteiger partial charge in [-0.25, -0.2) is 0 Å². The first-order valence-corrected chi connectivity index (χ1v) is 8.12. The molecule has 6 heteroatoms. The van der Waals surface area contributed by atoms with Crippen LogP contribution in [0.5, 0.6) is 5.75 Å². The number of aromatic nitrogens is 1. The summed E-state index contributed by atoms with van der Waals surface area (Å²) in [6.45, 7) is 3.91. The van der Waals surface area contributed by atoms with Crippen molar-refractivity contribution in [3.05, 3.63) is 43.2 Å². The molecule has 0 aromatic carbocycles. The summed E-state index contributed by atoms with van der Waals surface area (Å²) in [5.41, 5.74) is 0.722. The highest BCUT2D eigenvalue weighted by molar-refractivity contribution is 9.13. The molecule has 19 heavy (non-hydrogen) atoms. The Morgan fingerprint density at radius 2 is 2.00 bits per heavy atom. The molecule has 1 unspecified atom stereocenters. The fourth-order valence-corrected chi connectivity index (χ4v) is 3.69. The topological polar surface area (TPSA) is 42.4 Å². The van der Waals surface area contributed by atoms with Gasteiger partial charge < -0.3 is 9.84 Å². The van der Waals surface area contributed by atoms with Crippen LogP contribution in [0, 0.1) is 0 Å². The van der Waals surface area contributed by atoms with Gasteiger partial charge in [-0.15, -0.1) is 11.3 Å². The van der Waals surface area contributed by atoms with Crippen LogP contribution >= 0.6 is 43.2 Å². The zero-order valence-corrected chi connectivity index (χ0v) is 14.4. The highest BCUT2D eigenvalue weighted by atomic mass is 79.9. The van der Waals surface area contributed by atoms with Gasteiger partial charge in [0, 0.05) is 21.1 Å². The number of pyridine rings is 1. The molecule has 2 heterocycles. The summed E-state index contributed by atoms with van der Waals surface area (Å²) in [6, 6.07) is 3.72. The van der Waals surface area contributed by atoms with Gasteiger partial charge in [0.2, 0.25) is 0 Å². The van der Waals surface area contributed by atoms with E-state index in [1.807, 2.05) is 26.0 Å². The van der Waals surface area contributed by atoms with Crippen molar-refractivity contribution in [3.63, 3.8) is 0 Å². The summed E-state index contributed by atoms with van der Waals surface area (Å²) in [5.74, 6) is 0.668. The predicted molar refractivity (Wildman–Crippen MR) is 83.8 cm³/mol. The monoisotopic (exact) mass is 405 g/mol. The van der Waals surface area contributed by atoms with E-state index in [9.17, 15) is 5.11 Å². The summed E-state index contributed by atoms with van der Waals surface area (Å²) in [7, 11) is 0. The Morgan fingerprint density at radius 1 is 1.26 bits per heavy atom. The van der Waals surface area contributed by atoms with Gasteiger partial charge in [0.1, 0.15) is 11.9 Å². The zero-order valence-electron chi connectivity index (χ0n) is 10.4. The fraction of sp³-hybridized carbons (Fsp3) is 0.308. The molecular formula is C13H13Br2NO2S. The van der Waals surface area contributed by atoms with E-state index in [4.69, 9.17) is 4.74 Å². The number of rotatable bonds is 4. The second-order valence-electron chi connectivity index (χ2n) is 4.29. The summed E-state index contributed by atoms with van der Waals surface area (Å²) in [5, 5.41) is 10.4. The molecule has 0 saturated heterocycles. The molecule has 3 nitrogen and oxygen atoms in total. The van der Waals surface area contributed by atoms with Crippen molar-refractivity contribution in [2.45, 2.75) is 26.1 Å². The Bertz CT molecular complexity index is 552. The Hall–Kier alpha value is -0.430. The number of thiophene rings is 1. The molecule has 0 aliphatic heterocycles. The molecule has 1 N–H and O–H groups in total. The number of hydrogen-bond acceptors (Lipinski definition) is 4. The minimum atomic E-state index is -0.698. The van der Waals surface area contributed by atoms with Crippen molar-refractivity contribution in [1.29, 1.82) is 0 Å². The Morgan fingerprint density at radius 3 is 2.58 bits per heavy atom. The smallest absolute Gasteiger partial charge is 0.138 e. The first-order valence-electron chi connectivity index (χ1n) is 5.71. The van der Waals surface area contributed by atoms with E-state index < -0.39 is 6.10 Å². The standard InChI is InChI=1S/C13H13Br2NO2S/c1-7(2)18-9-3-8(5-16-6-9)12(17)11-4-10(14)13(15)19-11/h3-7,12,17H,1-2H3. The van der Waals surface area contributed by atoms with E-state index in [-0.39, 0.29) is 6.10 Å². The summed E-state index contributed by atoms with van der Waals surface area (Å²) >= 11 is 8.33. The average Bonchev–Trinajstić information content (AvgIpc) is 2.68. The van der Waals surface area contributed by atoms with Crippen molar-refractivity contribution in [2.75, 3.05) is 0 Å². The maximum absolute atomic E-state index is 10.4. The molecule has 0 amide bonds. The number of halogens is 2. The lowest BCUT2D eigenvalue weighted by Crippen LogP contribution is -2.07. The minimum absolute atomic E-state index is 0.0826. The predicted octanol–water partition coefficient (Wildman–Crippen LogP) is 4.54. The molecule has 2 aromatic heterocycles. The second-order valence-corrected chi connectivity index (χ2v) is 7.55. The second kappa shape index (κ2) is 6.35. The molecule has 2 aromatic rings. The van der Waals surface area contributed by atoms with Gasteiger partial charge in [0.05, 0.1) is 16.1 Å². The maximum Gasteiger partial charge on any atom is 0.138 e. The van der Waals surface area contributed by atoms with Crippen molar-refractivity contribution < 1.29 is 9.84 Å². The fourth-order valence-electron chi connectivity index (χ4n) is 1.58. The first kappa shape index (κ1) is 15.0. The number of aliphatic hydroxyl groups is 1. The van der Waals surface area contributed by atoms with Gasteiger partial charge in [-0.05, 0) is 57.8 Å². The number of aliphatic hydroxyl groups excluding tert-OH is 1. The number of nitrogens with zero attached hydrogens (tertiary/aromatic N) is 1. The van der Waals surface area contributed by atoms with Crippen molar-refractivity contribution in [3.8, 4) is 5.75 Å². The lowest BCUT2D eigenvalue weighted by Gasteiger charge is -2.12. The van der Waals surface area contributed by atoms with Crippen LogP contribution in [0.25, 0.3) is 0 Å². The summed E-state index contributed by atoms with van der Waals surface area (Å²) < 4.78 is 7.48. The number of hydrogen-bond donors (Lipinski definition) is 1. The van der Waals surface area contributed by atoms with E-state index in [1.54, 1.807) is 12.4 Å². The molecule has 0 fully saturated rings. The first-order chi connectivity index (χ1) is 8.97. The molecule has 0 radical (unpaired) electrons. The van der Waals surface area contributed by atoms with Crippen LogP contribution in [0.2, 0.25) is 0 Å². The van der Waals surface area contributed by atoms with E-state index in [0.717, 1.165) is 18.7 Å². The van der Waals surface area contributed by atoms with Crippen molar-refractivity contribution in [1.82, 2.24) is 4.98 Å². The zero-order chi connectivity index (χ0) is 14.0. The van der Waals surface area contributed by atoms with Crippen LogP contribution in [0.15, 0.2) is 32.8 Å². The molecule has 0 aliphatic carbocycles. The lowest BCUT2D eigenvalue weighted by molar-refractivity contribution is 0.219. The third-order valence-electron chi connectivity index (χ3n) is 2.36. The molecule has 2 rings (SSSR count). The third-order valence-corrected chi connectivity index (χ3v) is 5.66. The maximum atomic E-state index is 10.4. The van der Waals surface area contributed by atoms with Gasteiger partial charge in [-0.1, -0.05) is 0 Å². The van der Waals surface area contributed by atoms with Gasteiger partial charge in [0.25, 0.3) is 0 Å². The van der Waals surface area contributed by atoms with Crippen LogP contribution in [-0.4, -0.2) is 16.2 Å². The van der Waals surface area contributed by atoms with Crippen LogP contribution in [0.1, 0.15) is 30.4 Å². The van der Waals surface area contributed by atoms with Crippen molar-refractivity contribution >= 4 is 43.2 Å². The molecule has 102 valence electrons. The Labute approximate surface area is 132 Å². The van der Waals surface area contributed by atoms with E-state index in [0.29, 0.717) is 5.75 Å². The van der Waals surface area contributed by atoms with Gasteiger partial charge >= 0.3 is 0 Å². The molecule has 1 atom stereocenters. The lowest BCUT2D eigenvalue weighted by atomic mass is 10.1. The average molecular weight is 407 g/mol. The number of ether oxygens (including phenoxy) is 1. The highest BCUT2D eigenvalue weighted by Gasteiger charge is 2.16. The minimum Gasteiger partial charge on any atom is -0.489 e. The van der Waals surface area contributed by atoms with Crippen LogP contribution in [0.4, 0.5) is 0 Å². The van der Waals surface area contributed by atoms with Crippen LogP contribution in [-0.2, 0) is 0 Å². The largest absolute Gasteiger partial charge is 0.489 e. The van der Waals surface area contributed by atoms with E-state index in [2.05, 4.69) is 36.8 Å². The summed E-state index contributed by atoms with van der Waals surface area (Å²) in [6.07, 6.45) is 2.69. The quantitative estimate of drug-likeness (QED) is 0.810. The summed E-state index contributed by atoms with van der Waals surface area (Å²) in [4.78, 5) is 4.96. The highest BCUT2D eigenvalue weighted by Crippen LogP contribution is 2.37. The van der Waals surface area contributed by atoms with Crippen molar-refractivity contribution in [2.24, 2.45) is 0 Å². The van der Waals surface area contributed by atoms with Gasteiger partial charge in [-0.2, -0.15) is 0 Å². The van der Waals surface area contributed by atoms with Crippen LogP contribution < -0.4 is 4.74 Å². The molecular weight excluding hydrogens is 394 g/mol. The molecule has 0 aliphatic rings. The van der Waals surface area contributed by atoms with Gasteiger partial charge in [-0.3, -0.25) is 4.98 Å². The van der Waals surface area contributed by atoms with E-state index in [1.165, 1.54) is 11.3 Å². The Balaban J connectivity index is 2.25. The van der Waals surface area contributed by atoms with Crippen LogP contribution in [0.3, 0.4) is 0 Å². The molecule has 0 saturated carbocycles.